The molecule has 0 spiro atoms. The molecule has 1 unspecified atom stereocenters. The highest BCUT2D eigenvalue weighted by molar-refractivity contribution is 5.27. The van der Waals surface area contributed by atoms with E-state index in [1.807, 2.05) is 0 Å². The van der Waals surface area contributed by atoms with Crippen LogP contribution in [0.25, 0.3) is 0 Å². The summed E-state index contributed by atoms with van der Waals surface area (Å²) < 4.78 is 5.42. The molecule has 0 aliphatic carbocycles. The number of hydrogen-bond acceptors (Lipinski definition) is 3. The van der Waals surface area contributed by atoms with Crippen molar-refractivity contribution in [1.82, 2.24) is 4.90 Å². The van der Waals surface area contributed by atoms with Crippen LogP contribution in [0.1, 0.15) is 31.0 Å². The van der Waals surface area contributed by atoms with Crippen molar-refractivity contribution in [2.24, 2.45) is 5.73 Å². The molecule has 0 radical (unpaired) electrons. The number of morpholine rings is 1. The van der Waals surface area contributed by atoms with Gasteiger partial charge in [0.25, 0.3) is 0 Å². The lowest BCUT2D eigenvalue weighted by Crippen LogP contribution is -2.55. The lowest BCUT2D eigenvalue weighted by molar-refractivity contribution is -0.0190. The third-order valence-corrected chi connectivity index (χ3v) is 3.99. The molecule has 18 heavy (non-hydrogen) atoms. The van der Waals surface area contributed by atoms with Crippen LogP contribution in [0.2, 0.25) is 0 Å². The summed E-state index contributed by atoms with van der Waals surface area (Å²) in [4.78, 5) is 2.43. The van der Waals surface area contributed by atoms with E-state index < -0.39 is 0 Å². The van der Waals surface area contributed by atoms with Gasteiger partial charge in [0.2, 0.25) is 0 Å². The van der Waals surface area contributed by atoms with E-state index in [2.05, 4.69) is 49.9 Å². The standard InChI is InChI=1S/C15H24N2O/c1-12-5-4-6-13(11-12)14(16)15(2,3)17-7-9-18-10-8-17/h4-6,11,14H,7-10,16H2,1-3H3. The van der Waals surface area contributed by atoms with Crippen LogP contribution in [0.15, 0.2) is 24.3 Å². The van der Waals surface area contributed by atoms with Gasteiger partial charge in [0.1, 0.15) is 0 Å². The summed E-state index contributed by atoms with van der Waals surface area (Å²) in [7, 11) is 0. The van der Waals surface area contributed by atoms with Crippen molar-refractivity contribution in [3.8, 4) is 0 Å². The van der Waals surface area contributed by atoms with Crippen LogP contribution in [-0.4, -0.2) is 36.7 Å². The zero-order chi connectivity index (χ0) is 13.2. The zero-order valence-corrected chi connectivity index (χ0v) is 11.6. The fourth-order valence-corrected chi connectivity index (χ4v) is 2.61. The fraction of sp³-hybridized carbons (Fsp3) is 0.600. The van der Waals surface area contributed by atoms with Gasteiger partial charge in [-0.25, -0.2) is 0 Å². The second-order valence-corrected chi connectivity index (χ2v) is 5.64. The van der Waals surface area contributed by atoms with Crippen LogP contribution < -0.4 is 5.73 Å². The van der Waals surface area contributed by atoms with Gasteiger partial charge in [-0.05, 0) is 26.3 Å². The van der Waals surface area contributed by atoms with Crippen molar-refractivity contribution in [2.75, 3.05) is 26.3 Å². The van der Waals surface area contributed by atoms with Crippen molar-refractivity contribution in [2.45, 2.75) is 32.4 Å². The summed E-state index contributed by atoms with van der Waals surface area (Å²) in [5.74, 6) is 0. The monoisotopic (exact) mass is 248 g/mol. The maximum atomic E-state index is 6.49. The van der Waals surface area contributed by atoms with Crippen molar-refractivity contribution in [3.63, 3.8) is 0 Å². The minimum Gasteiger partial charge on any atom is -0.379 e. The molecule has 1 atom stereocenters. The average molecular weight is 248 g/mol. The quantitative estimate of drug-likeness (QED) is 0.890. The molecule has 1 aromatic rings. The van der Waals surface area contributed by atoms with Crippen LogP contribution >= 0.6 is 0 Å². The minimum atomic E-state index is -0.0441. The number of benzene rings is 1. The van der Waals surface area contributed by atoms with Crippen molar-refractivity contribution < 1.29 is 4.74 Å². The Morgan fingerprint density at radius 2 is 1.94 bits per heavy atom. The maximum Gasteiger partial charge on any atom is 0.0594 e. The molecule has 3 nitrogen and oxygen atoms in total. The van der Waals surface area contributed by atoms with Gasteiger partial charge in [-0.3, -0.25) is 4.90 Å². The van der Waals surface area contributed by atoms with E-state index in [0.717, 1.165) is 26.3 Å². The molecular formula is C15H24N2O. The molecule has 1 aliphatic rings. The van der Waals surface area contributed by atoms with Crippen molar-refractivity contribution in [1.29, 1.82) is 0 Å². The molecule has 1 fully saturated rings. The minimum absolute atomic E-state index is 0.0236. The Hall–Kier alpha value is -0.900. The normalized spacial score (nSPS) is 19.8. The van der Waals surface area contributed by atoms with E-state index in [4.69, 9.17) is 10.5 Å². The van der Waals surface area contributed by atoms with E-state index >= 15 is 0 Å². The number of nitrogens with zero attached hydrogens (tertiary/aromatic N) is 1. The largest absolute Gasteiger partial charge is 0.379 e. The SMILES string of the molecule is Cc1cccc(C(N)C(C)(C)N2CCOCC2)c1. The summed E-state index contributed by atoms with van der Waals surface area (Å²) in [6.07, 6.45) is 0. The van der Waals surface area contributed by atoms with Crippen molar-refractivity contribution in [3.05, 3.63) is 35.4 Å². The van der Waals surface area contributed by atoms with E-state index in [-0.39, 0.29) is 11.6 Å². The predicted molar refractivity (Wildman–Crippen MR) is 74.6 cm³/mol. The topological polar surface area (TPSA) is 38.5 Å². The van der Waals surface area contributed by atoms with Crippen LogP contribution in [-0.2, 0) is 4.74 Å². The zero-order valence-electron chi connectivity index (χ0n) is 11.6. The average Bonchev–Trinajstić information content (AvgIpc) is 2.39. The Morgan fingerprint density at radius 1 is 1.28 bits per heavy atom. The molecule has 1 aliphatic heterocycles. The summed E-state index contributed by atoms with van der Waals surface area (Å²) in [5, 5.41) is 0. The molecule has 3 heteroatoms. The summed E-state index contributed by atoms with van der Waals surface area (Å²) in [6.45, 7) is 10.1. The van der Waals surface area contributed by atoms with Crippen LogP contribution in [0.5, 0.6) is 0 Å². The van der Waals surface area contributed by atoms with E-state index in [9.17, 15) is 0 Å². The third kappa shape index (κ3) is 2.74. The summed E-state index contributed by atoms with van der Waals surface area (Å²) in [5.41, 5.74) is 8.92. The number of aryl methyl sites for hydroxylation is 1. The second-order valence-electron chi connectivity index (χ2n) is 5.64. The Morgan fingerprint density at radius 3 is 2.56 bits per heavy atom. The van der Waals surface area contributed by atoms with Gasteiger partial charge < -0.3 is 10.5 Å². The molecule has 0 saturated carbocycles. The molecule has 1 aromatic carbocycles. The molecule has 1 heterocycles. The molecule has 0 aromatic heterocycles. The molecule has 2 N–H and O–H groups in total. The van der Waals surface area contributed by atoms with Gasteiger partial charge in [-0.2, -0.15) is 0 Å². The number of rotatable bonds is 3. The highest BCUT2D eigenvalue weighted by atomic mass is 16.5. The first-order valence-corrected chi connectivity index (χ1v) is 6.67. The first-order valence-electron chi connectivity index (χ1n) is 6.67. The van der Waals surface area contributed by atoms with Gasteiger partial charge in [0.15, 0.2) is 0 Å². The predicted octanol–water partition coefficient (Wildman–Crippen LogP) is 2.11. The fourth-order valence-electron chi connectivity index (χ4n) is 2.61. The molecule has 0 amide bonds. The lowest BCUT2D eigenvalue weighted by atomic mass is 9.87. The van der Waals surface area contributed by atoms with E-state index in [1.54, 1.807) is 0 Å². The van der Waals surface area contributed by atoms with Crippen molar-refractivity contribution >= 4 is 0 Å². The number of hydrogen-bond donors (Lipinski definition) is 1. The Balaban J connectivity index is 2.17. The molecule has 2 rings (SSSR count). The van der Waals surface area contributed by atoms with Gasteiger partial charge in [0.05, 0.1) is 13.2 Å². The summed E-state index contributed by atoms with van der Waals surface area (Å²) in [6, 6.07) is 8.53. The van der Waals surface area contributed by atoms with Gasteiger partial charge >= 0.3 is 0 Å². The lowest BCUT2D eigenvalue weighted by Gasteiger charge is -2.44. The first kappa shape index (κ1) is 13.5. The number of ether oxygens (including phenoxy) is 1. The smallest absolute Gasteiger partial charge is 0.0594 e. The third-order valence-electron chi connectivity index (χ3n) is 3.99. The summed E-state index contributed by atoms with van der Waals surface area (Å²) >= 11 is 0. The van der Waals surface area contributed by atoms with Crippen LogP contribution in [0, 0.1) is 6.92 Å². The Bertz CT molecular complexity index is 397. The molecular weight excluding hydrogens is 224 g/mol. The highest BCUT2D eigenvalue weighted by Crippen LogP contribution is 2.30. The Labute approximate surface area is 110 Å². The van der Waals surface area contributed by atoms with E-state index in [0.29, 0.717) is 0 Å². The van der Waals surface area contributed by atoms with E-state index in [1.165, 1.54) is 11.1 Å². The number of nitrogens with two attached hydrogens (primary N) is 1. The molecule has 100 valence electrons. The second kappa shape index (κ2) is 5.39. The van der Waals surface area contributed by atoms with Crippen LogP contribution in [0.3, 0.4) is 0 Å². The van der Waals surface area contributed by atoms with Gasteiger partial charge in [0, 0.05) is 24.7 Å². The van der Waals surface area contributed by atoms with Gasteiger partial charge in [-0.15, -0.1) is 0 Å². The highest BCUT2D eigenvalue weighted by Gasteiger charge is 2.34. The first-order chi connectivity index (χ1) is 8.51. The van der Waals surface area contributed by atoms with Crippen LogP contribution in [0.4, 0.5) is 0 Å². The maximum absolute atomic E-state index is 6.49. The molecule has 1 saturated heterocycles. The Kier molecular flexibility index (Phi) is 4.05. The van der Waals surface area contributed by atoms with Gasteiger partial charge in [-0.1, -0.05) is 29.8 Å². The molecule has 0 bridgehead atoms.